The Morgan fingerprint density at radius 3 is 2.57 bits per heavy atom. The van der Waals surface area contributed by atoms with Crippen molar-refractivity contribution in [3.8, 4) is 17.2 Å². The lowest BCUT2D eigenvalue weighted by atomic mass is 10.1. The fourth-order valence-corrected chi connectivity index (χ4v) is 3.26. The van der Waals surface area contributed by atoms with Crippen molar-refractivity contribution in [1.82, 2.24) is 10.3 Å². The van der Waals surface area contributed by atoms with Gasteiger partial charge in [0.1, 0.15) is 11.5 Å². The van der Waals surface area contributed by atoms with Gasteiger partial charge in [-0.1, -0.05) is 30.3 Å². The summed E-state index contributed by atoms with van der Waals surface area (Å²) in [4.78, 5) is 15.7. The molecule has 2 N–H and O–H groups in total. The second-order valence-corrected chi connectivity index (χ2v) is 6.82. The fourth-order valence-electron chi connectivity index (χ4n) is 3.26. The van der Waals surface area contributed by atoms with E-state index in [-0.39, 0.29) is 24.6 Å². The molecule has 0 spiro atoms. The Morgan fingerprint density at radius 2 is 1.77 bits per heavy atom. The molecule has 1 heterocycles. The Balaban J connectivity index is 1.44. The van der Waals surface area contributed by atoms with E-state index in [1.54, 1.807) is 37.4 Å². The maximum Gasteiger partial charge on any atom is 0.224 e. The standard InChI is InChI=1S/C24H21FN2O3/c1-29-18-10-11-21-19(13-18)17(15-26-21)12-24(28)27-14-16-6-2-4-8-22(16)30-23-9-5-3-7-20(23)25/h2-11,13,15,26H,12,14H2,1H3,(H,27,28). The van der Waals surface area contributed by atoms with Gasteiger partial charge in [-0.25, -0.2) is 4.39 Å². The van der Waals surface area contributed by atoms with E-state index in [9.17, 15) is 9.18 Å². The predicted molar refractivity (Wildman–Crippen MR) is 113 cm³/mol. The number of fused-ring (bicyclic) bond motifs is 1. The number of methoxy groups -OCH3 is 1. The highest BCUT2D eigenvalue weighted by molar-refractivity contribution is 5.89. The Labute approximate surface area is 173 Å². The van der Waals surface area contributed by atoms with Crippen molar-refractivity contribution < 1.29 is 18.7 Å². The molecule has 1 amide bonds. The minimum Gasteiger partial charge on any atom is -0.497 e. The molecule has 0 unspecified atom stereocenters. The number of halogens is 1. The monoisotopic (exact) mass is 404 g/mol. The van der Waals surface area contributed by atoms with Crippen LogP contribution in [-0.2, 0) is 17.8 Å². The molecule has 0 saturated carbocycles. The normalized spacial score (nSPS) is 10.7. The van der Waals surface area contributed by atoms with Crippen LogP contribution in [0.15, 0.2) is 72.9 Å². The second-order valence-electron chi connectivity index (χ2n) is 6.82. The highest BCUT2D eigenvalue weighted by Crippen LogP contribution is 2.27. The zero-order chi connectivity index (χ0) is 20.9. The first-order valence-corrected chi connectivity index (χ1v) is 9.55. The first-order valence-electron chi connectivity index (χ1n) is 9.55. The fraction of sp³-hybridized carbons (Fsp3) is 0.125. The topological polar surface area (TPSA) is 63.4 Å². The molecule has 0 aliphatic rings. The van der Waals surface area contributed by atoms with Crippen molar-refractivity contribution in [2.45, 2.75) is 13.0 Å². The Bertz CT molecular complexity index is 1190. The zero-order valence-corrected chi connectivity index (χ0v) is 16.4. The van der Waals surface area contributed by atoms with E-state index >= 15 is 0 Å². The highest BCUT2D eigenvalue weighted by atomic mass is 19.1. The Hall–Kier alpha value is -3.80. The molecule has 0 fully saturated rings. The smallest absolute Gasteiger partial charge is 0.224 e. The lowest BCUT2D eigenvalue weighted by molar-refractivity contribution is -0.120. The summed E-state index contributed by atoms with van der Waals surface area (Å²) in [6.45, 7) is 0.273. The summed E-state index contributed by atoms with van der Waals surface area (Å²) in [7, 11) is 1.61. The van der Waals surface area contributed by atoms with Gasteiger partial charge in [-0.15, -0.1) is 0 Å². The van der Waals surface area contributed by atoms with Crippen LogP contribution >= 0.6 is 0 Å². The van der Waals surface area contributed by atoms with Crippen molar-refractivity contribution in [3.63, 3.8) is 0 Å². The number of hydrogen-bond acceptors (Lipinski definition) is 3. The van der Waals surface area contributed by atoms with Gasteiger partial charge in [0, 0.05) is 29.2 Å². The van der Waals surface area contributed by atoms with Gasteiger partial charge in [-0.05, 0) is 42.0 Å². The lowest BCUT2D eigenvalue weighted by Crippen LogP contribution is -2.24. The number of hydrogen-bond donors (Lipinski definition) is 2. The summed E-state index contributed by atoms with van der Waals surface area (Å²) in [5, 5.41) is 3.87. The third-order valence-electron chi connectivity index (χ3n) is 4.83. The molecule has 0 atom stereocenters. The van der Waals surface area contributed by atoms with Crippen LogP contribution in [0, 0.1) is 5.82 Å². The van der Waals surface area contributed by atoms with Gasteiger partial charge in [-0.3, -0.25) is 4.79 Å². The van der Waals surface area contributed by atoms with Crippen molar-refractivity contribution in [3.05, 3.63) is 89.9 Å². The van der Waals surface area contributed by atoms with Crippen LogP contribution in [0.5, 0.6) is 17.2 Å². The Kier molecular flexibility index (Phi) is 5.66. The molecule has 0 saturated heterocycles. The van der Waals surface area contributed by atoms with E-state index in [2.05, 4.69) is 10.3 Å². The van der Waals surface area contributed by atoms with Crippen molar-refractivity contribution in [2.24, 2.45) is 0 Å². The maximum atomic E-state index is 13.9. The predicted octanol–water partition coefficient (Wildman–Crippen LogP) is 4.97. The van der Waals surface area contributed by atoms with Crippen molar-refractivity contribution in [1.29, 1.82) is 0 Å². The Morgan fingerprint density at radius 1 is 1.00 bits per heavy atom. The molecule has 30 heavy (non-hydrogen) atoms. The quantitative estimate of drug-likeness (QED) is 0.457. The number of carbonyl (C=O) groups excluding carboxylic acids is 1. The van der Waals surface area contributed by atoms with Crippen LogP contribution in [0.2, 0.25) is 0 Å². The number of ether oxygens (including phenoxy) is 2. The summed E-state index contributed by atoms with van der Waals surface area (Å²) in [6, 6.07) is 19.2. The molecule has 4 aromatic rings. The van der Waals surface area contributed by atoms with Crippen LogP contribution in [0.1, 0.15) is 11.1 Å². The molecule has 0 aliphatic carbocycles. The summed E-state index contributed by atoms with van der Waals surface area (Å²) < 4.78 is 24.9. The third kappa shape index (κ3) is 4.27. The van der Waals surface area contributed by atoms with Crippen molar-refractivity contribution >= 4 is 16.8 Å². The van der Waals surface area contributed by atoms with Gasteiger partial charge in [0.25, 0.3) is 0 Å². The molecule has 3 aromatic carbocycles. The van der Waals surface area contributed by atoms with Gasteiger partial charge in [-0.2, -0.15) is 0 Å². The number of para-hydroxylation sites is 2. The van der Waals surface area contributed by atoms with Gasteiger partial charge < -0.3 is 19.8 Å². The van der Waals surface area contributed by atoms with Crippen LogP contribution in [-0.4, -0.2) is 18.0 Å². The van der Waals surface area contributed by atoms with E-state index in [0.717, 1.165) is 27.8 Å². The van der Waals surface area contributed by atoms with Gasteiger partial charge in [0.05, 0.1) is 13.5 Å². The molecule has 6 heteroatoms. The first-order chi connectivity index (χ1) is 14.6. The van der Waals surface area contributed by atoms with Gasteiger partial charge in [0.15, 0.2) is 11.6 Å². The number of benzene rings is 3. The van der Waals surface area contributed by atoms with E-state index in [1.165, 1.54) is 6.07 Å². The summed E-state index contributed by atoms with van der Waals surface area (Å²) in [5.74, 6) is 0.817. The maximum absolute atomic E-state index is 13.9. The molecular weight excluding hydrogens is 383 g/mol. The minimum absolute atomic E-state index is 0.126. The molecule has 152 valence electrons. The highest BCUT2D eigenvalue weighted by Gasteiger charge is 2.12. The number of aromatic nitrogens is 1. The van der Waals surface area contributed by atoms with Crippen LogP contribution < -0.4 is 14.8 Å². The number of H-pyrrole nitrogens is 1. The number of amides is 1. The molecular formula is C24H21FN2O3. The summed E-state index contributed by atoms with van der Waals surface area (Å²) in [5.41, 5.74) is 2.59. The number of rotatable bonds is 7. The number of carbonyl (C=O) groups is 1. The van der Waals surface area contributed by atoms with Crippen LogP contribution in [0.3, 0.4) is 0 Å². The molecule has 0 bridgehead atoms. The third-order valence-corrected chi connectivity index (χ3v) is 4.83. The van der Waals surface area contributed by atoms with E-state index in [0.29, 0.717) is 5.75 Å². The molecule has 0 radical (unpaired) electrons. The SMILES string of the molecule is COc1ccc2[nH]cc(CC(=O)NCc3ccccc3Oc3ccccc3F)c2c1. The summed E-state index contributed by atoms with van der Waals surface area (Å²) in [6.07, 6.45) is 2.06. The molecule has 0 aliphatic heterocycles. The van der Waals surface area contributed by atoms with Crippen LogP contribution in [0.25, 0.3) is 10.9 Å². The van der Waals surface area contributed by atoms with Gasteiger partial charge >= 0.3 is 0 Å². The zero-order valence-electron chi connectivity index (χ0n) is 16.4. The van der Waals surface area contributed by atoms with Crippen molar-refractivity contribution in [2.75, 3.05) is 7.11 Å². The van der Waals surface area contributed by atoms with Crippen LogP contribution in [0.4, 0.5) is 4.39 Å². The largest absolute Gasteiger partial charge is 0.497 e. The lowest BCUT2D eigenvalue weighted by Gasteiger charge is -2.12. The van der Waals surface area contributed by atoms with E-state index in [4.69, 9.17) is 9.47 Å². The number of aromatic amines is 1. The molecule has 4 rings (SSSR count). The first kappa shape index (κ1) is 19.5. The molecule has 1 aromatic heterocycles. The number of nitrogens with one attached hydrogen (secondary N) is 2. The molecule has 5 nitrogen and oxygen atoms in total. The second kappa shape index (κ2) is 8.69. The van der Waals surface area contributed by atoms with E-state index < -0.39 is 5.82 Å². The average Bonchev–Trinajstić information content (AvgIpc) is 3.16. The average molecular weight is 404 g/mol. The summed E-state index contributed by atoms with van der Waals surface area (Å²) >= 11 is 0. The van der Waals surface area contributed by atoms with Gasteiger partial charge in [0.2, 0.25) is 5.91 Å². The van der Waals surface area contributed by atoms with E-state index in [1.807, 2.05) is 36.5 Å². The minimum atomic E-state index is -0.439.